The number of ether oxygens (including phenoxy) is 2. The van der Waals surface area contributed by atoms with Crippen molar-refractivity contribution in [1.29, 1.82) is 0 Å². The SMILES string of the molecule is CCOC(/C=C/C(c1ccccc1)N(O)Cc1ccccc1)OCC. The van der Waals surface area contributed by atoms with Crippen molar-refractivity contribution in [3.8, 4) is 0 Å². The van der Waals surface area contributed by atoms with Gasteiger partial charge in [0.05, 0.1) is 6.04 Å². The molecule has 0 aliphatic carbocycles. The van der Waals surface area contributed by atoms with Gasteiger partial charge >= 0.3 is 0 Å². The van der Waals surface area contributed by atoms with E-state index in [9.17, 15) is 5.21 Å². The van der Waals surface area contributed by atoms with E-state index in [-0.39, 0.29) is 6.04 Å². The Labute approximate surface area is 150 Å². The van der Waals surface area contributed by atoms with Crippen molar-refractivity contribution in [1.82, 2.24) is 5.06 Å². The van der Waals surface area contributed by atoms with Gasteiger partial charge in [-0.2, -0.15) is 5.06 Å². The van der Waals surface area contributed by atoms with Crippen molar-refractivity contribution in [2.24, 2.45) is 0 Å². The van der Waals surface area contributed by atoms with Crippen LogP contribution in [0, 0.1) is 0 Å². The van der Waals surface area contributed by atoms with Crippen LogP contribution in [0.2, 0.25) is 0 Å². The molecule has 0 aromatic heterocycles. The Hall–Kier alpha value is -1.98. The Kier molecular flexibility index (Phi) is 8.35. The highest BCUT2D eigenvalue weighted by molar-refractivity contribution is 5.24. The molecule has 0 fully saturated rings. The third-order valence-electron chi connectivity index (χ3n) is 3.76. The van der Waals surface area contributed by atoms with Crippen molar-refractivity contribution in [3.05, 3.63) is 83.9 Å². The van der Waals surface area contributed by atoms with Gasteiger partial charge in [0.25, 0.3) is 0 Å². The lowest BCUT2D eigenvalue weighted by Crippen LogP contribution is -2.24. The third-order valence-corrected chi connectivity index (χ3v) is 3.76. The van der Waals surface area contributed by atoms with Crippen molar-refractivity contribution in [2.75, 3.05) is 13.2 Å². The van der Waals surface area contributed by atoms with Gasteiger partial charge in [-0.15, -0.1) is 0 Å². The minimum atomic E-state index is -0.411. The van der Waals surface area contributed by atoms with Gasteiger partial charge < -0.3 is 14.7 Å². The van der Waals surface area contributed by atoms with Crippen LogP contribution in [0.1, 0.15) is 31.0 Å². The van der Waals surface area contributed by atoms with E-state index < -0.39 is 6.29 Å². The lowest BCUT2D eigenvalue weighted by atomic mass is 10.1. The van der Waals surface area contributed by atoms with Gasteiger partial charge in [-0.25, -0.2) is 0 Å². The number of benzene rings is 2. The second kappa shape index (κ2) is 10.8. The third kappa shape index (κ3) is 6.44. The number of hydrogen-bond donors (Lipinski definition) is 1. The summed E-state index contributed by atoms with van der Waals surface area (Å²) in [4.78, 5) is 0. The molecule has 0 saturated carbocycles. The molecule has 0 bridgehead atoms. The van der Waals surface area contributed by atoms with Crippen LogP contribution >= 0.6 is 0 Å². The van der Waals surface area contributed by atoms with Crippen molar-refractivity contribution >= 4 is 0 Å². The highest BCUT2D eigenvalue weighted by atomic mass is 16.7. The van der Waals surface area contributed by atoms with Crippen molar-refractivity contribution < 1.29 is 14.7 Å². The highest BCUT2D eigenvalue weighted by Gasteiger charge is 2.17. The largest absolute Gasteiger partial charge is 0.349 e. The van der Waals surface area contributed by atoms with Crippen molar-refractivity contribution in [2.45, 2.75) is 32.7 Å². The van der Waals surface area contributed by atoms with E-state index in [0.29, 0.717) is 19.8 Å². The average Bonchev–Trinajstić information content (AvgIpc) is 2.64. The van der Waals surface area contributed by atoms with Crippen LogP contribution in [-0.2, 0) is 16.0 Å². The summed E-state index contributed by atoms with van der Waals surface area (Å²) < 4.78 is 11.1. The highest BCUT2D eigenvalue weighted by Crippen LogP contribution is 2.23. The molecule has 4 heteroatoms. The van der Waals surface area contributed by atoms with Gasteiger partial charge in [0.15, 0.2) is 6.29 Å². The topological polar surface area (TPSA) is 41.9 Å². The van der Waals surface area contributed by atoms with Crippen LogP contribution in [0.25, 0.3) is 0 Å². The normalized spacial score (nSPS) is 13.0. The minimum absolute atomic E-state index is 0.287. The van der Waals surface area contributed by atoms with E-state index in [0.717, 1.165) is 11.1 Å². The summed E-state index contributed by atoms with van der Waals surface area (Å²) >= 11 is 0. The summed E-state index contributed by atoms with van der Waals surface area (Å²) in [5, 5.41) is 12.0. The number of hydroxylamine groups is 2. The maximum absolute atomic E-state index is 10.7. The van der Waals surface area contributed by atoms with Gasteiger partial charge in [-0.1, -0.05) is 66.7 Å². The van der Waals surface area contributed by atoms with E-state index in [4.69, 9.17) is 9.47 Å². The number of nitrogens with zero attached hydrogens (tertiary/aromatic N) is 1. The summed E-state index contributed by atoms with van der Waals surface area (Å²) in [5.74, 6) is 0. The van der Waals surface area contributed by atoms with E-state index in [2.05, 4.69) is 0 Å². The Morgan fingerprint density at radius 3 is 2.00 bits per heavy atom. The van der Waals surface area contributed by atoms with Crippen molar-refractivity contribution in [3.63, 3.8) is 0 Å². The van der Waals surface area contributed by atoms with E-state index in [1.54, 1.807) is 0 Å². The fraction of sp³-hybridized carbons (Fsp3) is 0.333. The molecule has 0 heterocycles. The van der Waals surface area contributed by atoms with Gasteiger partial charge in [-0.05, 0) is 31.1 Å². The first-order chi connectivity index (χ1) is 12.2. The van der Waals surface area contributed by atoms with Gasteiger partial charge in [-0.3, -0.25) is 0 Å². The van der Waals surface area contributed by atoms with E-state index in [1.807, 2.05) is 86.7 Å². The first-order valence-electron chi connectivity index (χ1n) is 8.70. The van der Waals surface area contributed by atoms with Gasteiger partial charge in [0, 0.05) is 19.8 Å². The van der Waals surface area contributed by atoms with Gasteiger partial charge in [0.1, 0.15) is 0 Å². The molecule has 1 unspecified atom stereocenters. The van der Waals surface area contributed by atoms with Crippen LogP contribution in [0.3, 0.4) is 0 Å². The maximum atomic E-state index is 10.7. The monoisotopic (exact) mass is 341 g/mol. The first kappa shape index (κ1) is 19.3. The van der Waals surface area contributed by atoms with Crippen LogP contribution in [0.15, 0.2) is 72.8 Å². The molecule has 0 saturated heterocycles. The molecule has 0 radical (unpaired) electrons. The summed E-state index contributed by atoms with van der Waals surface area (Å²) in [7, 11) is 0. The molecule has 2 rings (SSSR count). The lowest BCUT2D eigenvalue weighted by Gasteiger charge is -2.25. The first-order valence-corrected chi connectivity index (χ1v) is 8.70. The minimum Gasteiger partial charge on any atom is -0.349 e. The molecule has 1 atom stereocenters. The second-order valence-corrected chi connectivity index (χ2v) is 5.60. The molecule has 0 amide bonds. The lowest BCUT2D eigenvalue weighted by molar-refractivity contribution is -0.126. The van der Waals surface area contributed by atoms with Crippen LogP contribution < -0.4 is 0 Å². The summed E-state index contributed by atoms with van der Waals surface area (Å²) in [6.07, 6.45) is 3.37. The van der Waals surface area contributed by atoms with Gasteiger partial charge in [0.2, 0.25) is 0 Å². The molecule has 134 valence electrons. The Bertz CT molecular complexity index is 610. The molecule has 25 heavy (non-hydrogen) atoms. The number of hydrogen-bond acceptors (Lipinski definition) is 4. The van der Waals surface area contributed by atoms with E-state index in [1.165, 1.54) is 5.06 Å². The molecule has 1 N–H and O–H groups in total. The Morgan fingerprint density at radius 2 is 1.44 bits per heavy atom. The zero-order valence-electron chi connectivity index (χ0n) is 14.9. The second-order valence-electron chi connectivity index (χ2n) is 5.60. The predicted molar refractivity (Wildman–Crippen MR) is 99.1 cm³/mol. The summed E-state index contributed by atoms with van der Waals surface area (Å²) in [6.45, 7) is 5.43. The molecular formula is C21H27NO3. The standard InChI is InChI=1S/C21H27NO3/c1-3-24-21(25-4-2)16-15-20(19-13-9-6-10-14-19)22(23)17-18-11-7-5-8-12-18/h5-16,20-21,23H,3-4,17H2,1-2H3/b16-15+. The quantitative estimate of drug-likeness (QED) is 0.390. The average molecular weight is 341 g/mol. The molecule has 0 spiro atoms. The molecule has 2 aromatic carbocycles. The van der Waals surface area contributed by atoms with Crippen LogP contribution in [-0.4, -0.2) is 29.8 Å². The maximum Gasteiger partial charge on any atom is 0.176 e. The zero-order chi connectivity index (χ0) is 17.9. The fourth-order valence-electron chi connectivity index (χ4n) is 2.59. The number of rotatable bonds is 10. The predicted octanol–water partition coefficient (Wildman–Crippen LogP) is 4.57. The van der Waals surface area contributed by atoms with Crippen LogP contribution in [0.5, 0.6) is 0 Å². The molecule has 0 aliphatic rings. The fourth-order valence-corrected chi connectivity index (χ4v) is 2.59. The molecule has 0 aliphatic heterocycles. The van der Waals surface area contributed by atoms with E-state index >= 15 is 0 Å². The molecule has 2 aromatic rings. The molecule has 4 nitrogen and oxygen atoms in total. The Balaban J connectivity index is 2.17. The summed E-state index contributed by atoms with van der Waals surface area (Å²) in [6, 6.07) is 19.5. The zero-order valence-corrected chi connectivity index (χ0v) is 14.9. The Morgan fingerprint density at radius 1 is 0.880 bits per heavy atom. The molecular weight excluding hydrogens is 314 g/mol. The van der Waals surface area contributed by atoms with Crippen LogP contribution in [0.4, 0.5) is 0 Å². The summed E-state index contributed by atoms with van der Waals surface area (Å²) in [5.41, 5.74) is 2.05. The smallest absolute Gasteiger partial charge is 0.176 e.